The molecule has 0 bridgehead atoms. The molecule has 0 spiro atoms. The van der Waals surface area contributed by atoms with E-state index in [2.05, 4.69) is 5.32 Å². The fourth-order valence-electron chi connectivity index (χ4n) is 3.27. The molecule has 4 rings (SSSR count). The third kappa shape index (κ3) is 3.04. The second kappa shape index (κ2) is 6.81. The smallest absolute Gasteiger partial charge is 0.344 e. The van der Waals surface area contributed by atoms with Crippen LogP contribution in [0, 0.1) is 0 Å². The minimum Gasteiger partial charge on any atom is -0.507 e. The number of aromatic hydroxyl groups is 1. The van der Waals surface area contributed by atoms with E-state index >= 15 is 0 Å². The van der Waals surface area contributed by atoms with Crippen LogP contribution in [0.2, 0.25) is 0 Å². The van der Waals surface area contributed by atoms with Gasteiger partial charge in [0.25, 0.3) is 0 Å². The lowest BCUT2D eigenvalue weighted by Gasteiger charge is -2.26. The molecule has 1 aromatic heterocycles. The first-order chi connectivity index (χ1) is 13.1. The standard InChI is InChI=1S/C21H19NO5/c1-12-15(19(23)13-6-2-4-8-17(13)26-12)10-22-11-16-20(24)14-7-3-5-9-18(14)27-21(16)25/h2-9,12,22-24H,10-11H2,1H3. The van der Waals surface area contributed by atoms with Crippen molar-refractivity contribution >= 4 is 16.7 Å². The fraction of sp³-hybridized carbons (Fsp3) is 0.190. The summed E-state index contributed by atoms with van der Waals surface area (Å²) in [5, 5.41) is 24.6. The van der Waals surface area contributed by atoms with Crippen molar-refractivity contribution < 1.29 is 19.4 Å². The molecule has 1 aliphatic rings. The number of hydrogen-bond acceptors (Lipinski definition) is 6. The summed E-state index contributed by atoms with van der Waals surface area (Å²) < 4.78 is 11.1. The average molecular weight is 365 g/mol. The molecular weight excluding hydrogens is 346 g/mol. The van der Waals surface area contributed by atoms with E-state index in [1.807, 2.05) is 25.1 Å². The summed E-state index contributed by atoms with van der Waals surface area (Å²) in [6.07, 6.45) is -0.311. The second-order valence-corrected chi connectivity index (χ2v) is 6.45. The molecule has 1 atom stereocenters. The average Bonchev–Trinajstić information content (AvgIpc) is 2.66. The Morgan fingerprint density at radius 2 is 1.78 bits per heavy atom. The van der Waals surface area contributed by atoms with E-state index in [0.717, 1.165) is 0 Å². The second-order valence-electron chi connectivity index (χ2n) is 6.45. The van der Waals surface area contributed by atoms with Gasteiger partial charge in [-0.15, -0.1) is 0 Å². The van der Waals surface area contributed by atoms with Gasteiger partial charge in [0, 0.05) is 18.7 Å². The van der Waals surface area contributed by atoms with E-state index in [1.54, 1.807) is 30.3 Å². The van der Waals surface area contributed by atoms with E-state index in [1.165, 1.54) is 0 Å². The van der Waals surface area contributed by atoms with Crippen LogP contribution in [-0.2, 0) is 6.54 Å². The zero-order chi connectivity index (χ0) is 19.0. The van der Waals surface area contributed by atoms with Gasteiger partial charge in [-0.3, -0.25) is 0 Å². The van der Waals surface area contributed by atoms with Crippen molar-refractivity contribution in [1.29, 1.82) is 0 Å². The third-order valence-corrected chi connectivity index (χ3v) is 4.74. The Kier molecular flexibility index (Phi) is 4.33. The highest BCUT2D eigenvalue weighted by Gasteiger charge is 2.25. The lowest BCUT2D eigenvalue weighted by molar-refractivity contribution is 0.240. The molecule has 3 aromatic rings. The first kappa shape index (κ1) is 17.2. The van der Waals surface area contributed by atoms with Crippen LogP contribution >= 0.6 is 0 Å². The number of hydrogen-bond donors (Lipinski definition) is 3. The Bertz CT molecular complexity index is 1100. The number of para-hydroxylation sites is 2. The molecule has 0 aliphatic carbocycles. The van der Waals surface area contributed by atoms with Crippen LogP contribution in [0.3, 0.4) is 0 Å². The molecule has 0 saturated heterocycles. The van der Waals surface area contributed by atoms with Crippen LogP contribution in [0.4, 0.5) is 0 Å². The van der Waals surface area contributed by atoms with E-state index in [9.17, 15) is 15.0 Å². The van der Waals surface area contributed by atoms with Crippen molar-refractivity contribution in [3.8, 4) is 11.5 Å². The van der Waals surface area contributed by atoms with Gasteiger partial charge < -0.3 is 24.7 Å². The summed E-state index contributed by atoms with van der Waals surface area (Å²) in [5.74, 6) is 0.719. The molecule has 138 valence electrons. The Morgan fingerprint density at radius 1 is 1.04 bits per heavy atom. The number of nitrogens with one attached hydrogen (secondary N) is 1. The highest BCUT2D eigenvalue weighted by molar-refractivity contribution is 5.83. The van der Waals surface area contributed by atoms with Gasteiger partial charge in [0.05, 0.1) is 16.5 Å². The van der Waals surface area contributed by atoms with Crippen molar-refractivity contribution in [3.05, 3.63) is 75.7 Å². The summed E-state index contributed by atoms with van der Waals surface area (Å²) >= 11 is 0. The monoisotopic (exact) mass is 365 g/mol. The number of benzene rings is 2. The first-order valence-electron chi connectivity index (χ1n) is 8.68. The topological polar surface area (TPSA) is 91.9 Å². The van der Waals surface area contributed by atoms with Crippen molar-refractivity contribution in [3.63, 3.8) is 0 Å². The van der Waals surface area contributed by atoms with Gasteiger partial charge in [-0.1, -0.05) is 24.3 Å². The molecule has 6 heteroatoms. The molecule has 2 aromatic carbocycles. The summed E-state index contributed by atoms with van der Waals surface area (Å²) in [6.45, 7) is 2.25. The van der Waals surface area contributed by atoms with E-state index in [0.29, 0.717) is 34.4 Å². The van der Waals surface area contributed by atoms with Crippen LogP contribution in [0.5, 0.6) is 11.5 Å². The molecule has 3 N–H and O–H groups in total. The Morgan fingerprint density at radius 3 is 2.63 bits per heavy atom. The lowest BCUT2D eigenvalue weighted by Crippen LogP contribution is -2.30. The number of rotatable bonds is 4. The van der Waals surface area contributed by atoms with E-state index < -0.39 is 5.63 Å². The molecule has 0 fully saturated rings. The lowest BCUT2D eigenvalue weighted by atomic mass is 10.0. The summed E-state index contributed by atoms with van der Waals surface area (Å²) in [7, 11) is 0. The van der Waals surface area contributed by atoms with Crippen molar-refractivity contribution in [2.45, 2.75) is 19.6 Å². The quantitative estimate of drug-likeness (QED) is 0.614. The first-order valence-corrected chi connectivity index (χ1v) is 8.68. The molecule has 0 amide bonds. The fourth-order valence-corrected chi connectivity index (χ4v) is 3.27. The van der Waals surface area contributed by atoms with Crippen LogP contribution in [-0.4, -0.2) is 22.9 Å². The van der Waals surface area contributed by atoms with E-state index in [4.69, 9.17) is 9.15 Å². The van der Waals surface area contributed by atoms with Gasteiger partial charge >= 0.3 is 5.63 Å². The van der Waals surface area contributed by atoms with Crippen LogP contribution in [0.1, 0.15) is 18.1 Å². The predicted octanol–water partition coefficient (Wildman–Crippen LogP) is 3.34. The van der Waals surface area contributed by atoms with Crippen molar-refractivity contribution in [1.82, 2.24) is 5.32 Å². The van der Waals surface area contributed by atoms with Crippen LogP contribution in [0.25, 0.3) is 16.7 Å². The van der Waals surface area contributed by atoms with Gasteiger partial charge in [-0.05, 0) is 31.2 Å². The minimum absolute atomic E-state index is 0.0918. The van der Waals surface area contributed by atoms with E-state index in [-0.39, 0.29) is 29.7 Å². The number of fused-ring (bicyclic) bond motifs is 2. The number of ether oxygens (including phenoxy) is 1. The van der Waals surface area contributed by atoms with Crippen LogP contribution < -0.4 is 15.7 Å². The maximum absolute atomic E-state index is 12.2. The molecule has 1 unspecified atom stereocenters. The molecular formula is C21H19NO5. The van der Waals surface area contributed by atoms with Crippen LogP contribution in [0.15, 0.2) is 63.3 Å². The maximum Gasteiger partial charge on any atom is 0.344 e. The summed E-state index contributed by atoms with van der Waals surface area (Å²) in [4.78, 5) is 12.2. The molecule has 1 aliphatic heterocycles. The zero-order valence-corrected chi connectivity index (χ0v) is 14.7. The Hall–Kier alpha value is -3.25. The molecule has 0 saturated carbocycles. The zero-order valence-electron chi connectivity index (χ0n) is 14.7. The van der Waals surface area contributed by atoms with Gasteiger partial charge in [0.2, 0.25) is 0 Å². The SMILES string of the molecule is CC1Oc2ccccc2C(O)=C1CNCc1c(O)c2ccccc2oc1=O. The largest absolute Gasteiger partial charge is 0.507 e. The third-order valence-electron chi connectivity index (χ3n) is 4.74. The number of aliphatic hydroxyl groups excluding tert-OH is 1. The van der Waals surface area contributed by atoms with Gasteiger partial charge in [0.1, 0.15) is 28.9 Å². The van der Waals surface area contributed by atoms with Crippen molar-refractivity contribution in [2.24, 2.45) is 0 Å². The van der Waals surface area contributed by atoms with Crippen molar-refractivity contribution in [2.75, 3.05) is 6.54 Å². The maximum atomic E-state index is 12.2. The molecule has 0 radical (unpaired) electrons. The highest BCUT2D eigenvalue weighted by Crippen LogP contribution is 2.34. The normalized spacial score (nSPS) is 16.3. The summed E-state index contributed by atoms with van der Waals surface area (Å²) in [6, 6.07) is 14.1. The molecule has 2 heterocycles. The van der Waals surface area contributed by atoms with Gasteiger partial charge in [0.15, 0.2) is 0 Å². The van der Waals surface area contributed by atoms with Gasteiger partial charge in [-0.2, -0.15) is 0 Å². The predicted molar refractivity (Wildman–Crippen MR) is 102 cm³/mol. The number of aliphatic hydroxyl groups is 1. The highest BCUT2D eigenvalue weighted by atomic mass is 16.5. The Labute approximate surface area is 155 Å². The summed E-state index contributed by atoms with van der Waals surface area (Å²) in [5.41, 5.74) is 1.22. The molecule has 6 nitrogen and oxygen atoms in total. The Balaban J connectivity index is 1.57. The van der Waals surface area contributed by atoms with Gasteiger partial charge in [-0.25, -0.2) is 4.79 Å². The minimum atomic E-state index is -0.588. The molecule has 27 heavy (non-hydrogen) atoms.